The first-order chi connectivity index (χ1) is 11.7. The van der Waals surface area contributed by atoms with Gasteiger partial charge in [0.25, 0.3) is 5.91 Å². The van der Waals surface area contributed by atoms with E-state index in [1.807, 2.05) is 12.1 Å². The van der Waals surface area contributed by atoms with Crippen molar-refractivity contribution in [3.63, 3.8) is 0 Å². The second-order valence-electron chi connectivity index (χ2n) is 5.57. The van der Waals surface area contributed by atoms with Crippen molar-refractivity contribution < 1.29 is 18.7 Å². The molecule has 0 atom stereocenters. The molecule has 0 saturated heterocycles. The molecule has 1 amide bonds. The predicted octanol–water partition coefficient (Wildman–Crippen LogP) is 2.12. The number of carbonyl (C=O) groups is 1. The first kappa shape index (κ1) is 16.4. The Morgan fingerprint density at radius 1 is 1.25 bits per heavy atom. The van der Waals surface area contributed by atoms with E-state index in [4.69, 9.17) is 15.2 Å². The van der Waals surface area contributed by atoms with E-state index >= 15 is 0 Å². The Kier molecular flexibility index (Phi) is 5.08. The highest BCUT2D eigenvalue weighted by Gasteiger charge is 2.17. The number of carbonyl (C=O) groups excluding carboxylic acids is 1. The van der Waals surface area contributed by atoms with E-state index in [9.17, 15) is 9.18 Å². The van der Waals surface area contributed by atoms with E-state index in [0.29, 0.717) is 43.0 Å². The van der Waals surface area contributed by atoms with Gasteiger partial charge >= 0.3 is 0 Å². The van der Waals surface area contributed by atoms with Crippen molar-refractivity contribution in [2.75, 3.05) is 13.3 Å². The van der Waals surface area contributed by atoms with Gasteiger partial charge in [0.1, 0.15) is 11.6 Å². The van der Waals surface area contributed by atoms with Crippen LogP contribution in [0.25, 0.3) is 0 Å². The predicted molar refractivity (Wildman–Crippen MR) is 87.1 cm³/mol. The Labute approximate surface area is 139 Å². The zero-order valence-corrected chi connectivity index (χ0v) is 13.2. The Morgan fingerprint density at radius 3 is 2.79 bits per heavy atom. The fourth-order valence-corrected chi connectivity index (χ4v) is 2.65. The quantitative estimate of drug-likeness (QED) is 0.881. The molecular formula is C18H19FN2O3. The molecule has 0 saturated carbocycles. The van der Waals surface area contributed by atoms with Crippen LogP contribution in [0.4, 0.5) is 4.39 Å². The number of ether oxygens (including phenoxy) is 2. The van der Waals surface area contributed by atoms with Crippen LogP contribution in [0, 0.1) is 5.82 Å². The van der Waals surface area contributed by atoms with Crippen molar-refractivity contribution >= 4 is 5.91 Å². The van der Waals surface area contributed by atoms with E-state index in [0.717, 1.165) is 11.1 Å². The molecule has 1 heterocycles. The summed E-state index contributed by atoms with van der Waals surface area (Å²) in [5.74, 6) is 0.152. The maximum absolute atomic E-state index is 13.7. The normalized spacial score (nSPS) is 13.1. The number of hydrogen-bond acceptors (Lipinski definition) is 4. The van der Waals surface area contributed by atoms with E-state index < -0.39 is 0 Å². The lowest BCUT2D eigenvalue weighted by Gasteiger charge is -2.21. The maximum Gasteiger partial charge on any atom is 0.251 e. The smallest absolute Gasteiger partial charge is 0.251 e. The van der Waals surface area contributed by atoms with Crippen LogP contribution in [-0.4, -0.2) is 19.2 Å². The topological polar surface area (TPSA) is 73.6 Å². The van der Waals surface area contributed by atoms with Crippen LogP contribution in [0.5, 0.6) is 5.75 Å². The number of fused-ring (bicyclic) bond motifs is 1. The van der Waals surface area contributed by atoms with Crippen molar-refractivity contribution in [1.29, 1.82) is 0 Å². The number of amides is 1. The lowest BCUT2D eigenvalue weighted by atomic mass is 10.1. The maximum atomic E-state index is 13.7. The standard InChI is InChI=1S/C18H19FN2O3/c19-16-7-14(17-15(8-16)10-23-11-24-17)5-6-21-18(22)13-3-1-12(9-20)2-4-13/h1-4,7-8H,5-6,9-11,20H2,(H,21,22). The first-order valence-electron chi connectivity index (χ1n) is 7.76. The molecule has 0 unspecified atom stereocenters. The number of nitrogens with two attached hydrogens (primary N) is 1. The summed E-state index contributed by atoms with van der Waals surface area (Å²) in [5, 5.41) is 2.83. The summed E-state index contributed by atoms with van der Waals surface area (Å²) < 4.78 is 24.3. The third-order valence-electron chi connectivity index (χ3n) is 3.88. The molecule has 0 radical (unpaired) electrons. The first-order valence-corrected chi connectivity index (χ1v) is 7.76. The molecule has 126 valence electrons. The molecule has 6 heteroatoms. The van der Waals surface area contributed by atoms with Crippen molar-refractivity contribution in [2.45, 2.75) is 19.6 Å². The van der Waals surface area contributed by atoms with Gasteiger partial charge in [-0.3, -0.25) is 4.79 Å². The molecule has 1 aliphatic rings. The van der Waals surface area contributed by atoms with E-state index in [1.165, 1.54) is 12.1 Å². The Morgan fingerprint density at radius 2 is 2.04 bits per heavy atom. The molecule has 0 aliphatic carbocycles. The van der Waals surface area contributed by atoms with E-state index in [2.05, 4.69) is 5.32 Å². The molecule has 2 aromatic carbocycles. The zero-order chi connectivity index (χ0) is 16.9. The van der Waals surface area contributed by atoms with E-state index in [-0.39, 0.29) is 18.5 Å². The summed E-state index contributed by atoms with van der Waals surface area (Å²) in [7, 11) is 0. The van der Waals surface area contributed by atoms with Gasteiger partial charge in [0, 0.05) is 24.2 Å². The second kappa shape index (κ2) is 7.42. The summed E-state index contributed by atoms with van der Waals surface area (Å²) in [6.07, 6.45) is 0.479. The van der Waals surface area contributed by atoms with Crippen molar-refractivity contribution in [3.8, 4) is 5.75 Å². The van der Waals surface area contributed by atoms with Crippen molar-refractivity contribution in [3.05, 3.63) is 64.5 Å². The van der Waals surface area contributed by atoms with Gasteiger partial charge in [-0.2, -0.15) is 0 Å². The minimum Gasteiger partial charge on any atom is -0.467 e. The van der Waals surface area contributed by atoms with Gasteiger partial charge in [-0.05, 0) is 41.8 Å². The van der Waals surface area contributed by atoms with Gasteiger partial charge in [-0.15, -0.1) is 0 Å². The third kappa shape index (κ3) is 3.72. The molecule has 1 aliphatic heterocycles. The Balaban J connectivity index is 1.62. The fraction of sp³-hybridized carbons (Fsp3) is 0.278. The van der Waals surface area contributed by atoms with Gasteiger partial charge < -0.3 is 20.5 Å². The molecule has 5 nitrogen and oxygen atoms in total. The highest BCUT2D eigenvalue weighted by molar-refractivity contribution is 5.94. The number of nitrogens with one attached hydrogen (secondary N) is 1. The summed E-state index contributed by atoms with van der Waals surface area (Å²) in [6.45, 7) is 1.32. The molecule has 2 aromatic rings. The minimum atomic E-state index is -0.332. The van der Waals surface area contributed by atoms with Gasteiger partial charge in [-0.1, -0.05) is 12.1 Å². The van der Waals surface area contributed by atoms with Crippen LogP contribution < -0.4 is 15.8 Å². The Hall–Kier alpha value is -2.44. The zero-order valence-electron chi connectivity index (χ0n) is 13.2. The Bertz CT molecular complexity index is 732. The van der Waals surface area contributed by atoms with Crippen LogP contribution >= 0.6 is 0 Å². The van der Waals surface area contributed by atoms with Crippen LogP contribution in [-0.2, 0) is 24.3 Å². The summed E-state index contributed by atoms with van der Waals surface area (Å²) in [4.78, 5) is 12.1. The lowest BCUT2D eigenvalue weighted by Crippen LogP contribution is -2.26. The summed E-state index contributed by atoms with van der Waals surface area (Å²) >= 11 is 0. The van der Waals surface area contributed by atoms with Crippen LogP contribution in [0.15, 0.2) is 36.4 Å². The molecule has 3 N–H and O–H groups in total. The van der Waals surface area contributed by atoms with Gasteiger partial charge in [0.05, 0.1) is 6.61 Å². The van der Waals surface area contributed by atoms with Crippen LogP contribution in [0.3, 0.4) is 0 Å². The second-order valence-corrected chi connectivity index (χ2v) is 5.57. The largest absolute Gasteiger partial charge is 0.467 e. The van der Waals surface area contributed by atoms with Gasteiger partial charge in [0.2, 0.25) is 0 Å². The lowest BCUT2D eigenvalue weighted by molar-refractivity contribution is -0.0172. The monoisotopic (exact) mass is 330 g/mol. The molecule has 0 bridgehead atoms. The van der Waals surface area contributed by atoms with E-state index in [1.54, 1.807) is 12.1 Å². The number of rotatable bonds is 5. The number of halogens is 1. The summed E-state index contributed by atoms with van der Waals surface area (Å²) in [6, 6.07) is 9.98. The minimum absolute atomic E-state index is 0.158. The molecule has 3 rings (SSSR count). The average Bonchev–Trinajstić information content (AvgIpc) is 2.61. The summed E-state index contributed by atoms with van der Waals surface area (Å²) in [5.41, 5.74) is 8.50. The SMILES string of the molecule is NCc1ccc(C(=O)NCCc2cc(F)cc3c2OCOC3)cc1. The average molecular weight is 330 g/mol. The molecule has 0 aromatic heterocycles. The highest BCUT2D eigenvalue weighted by Crippen LogP contribution is 2.29. The van der Waals surface area contributed by atoms with Gasteiger partial charge in [-0.25, -0.2) is 4.39 Å². The molecule has 0 spiro atoms. The van der Waals surface area contributed by atoms with Crippen molar-refractivity contribution in [2.24, 2.45) is 5.73 Å². The van der Waals surface area contributed by atoms with Crippen LogP contribution in [0.2, 0.25) is 0 Å². The number of hydrogen-bond donors (Lipinski definition) is 2. The third-order valence-corrected chi connectivity index (χ3v) is 3.88. The molecular weight excluding hydrogens is 311 g/mol. The highest BCUT2D eigenvalue weighted by atomic mass is 19.1. The fourth-order valence-electron chi connectivity index (χ4n) is 2.65. The molecule has 0 fully saturated rings. The van der Waals surface area contributed by atoms with Gasteiger partial charge in [0.15, 0.2) is 6.79 Å². The van der Waals surface area contributed by atoms with Crippen molar-refractivity contribution in [1.82, 2.24) is 5.32 Å². The number of benzene rings is 2. The van der Waals surface area contributed by atoms with Crippen LogP contribution in [0.1, 0.15) is 27.0 Å². The molecule has 24 heavy (non-hydrogen) atoms.